The monoisotopic (exact) mass is 523 g/mol. The number of anilines is 2. The Hall–Kier alpha value is -3.96. The second-order valence-electron chi connectivity index (χ2n) is 8.71. The Morgan fingerprint density at radius 3 is 2.46 bits per heavy atom. The van der Waals surface area contributed by atoms with Crippen LogP contribution in [0.5, 0.6) is 5.75 Å². The van der Waals surface area contributed by atoms with Crippen LogP contribution in [-0.2, 0) is 16.0 Å². The Bertz CT molecular complexity index is 1270. The standard InChI is InChI=1S/C26H29N5O5S/c1-2-15-5-9-17(10-6-15)31(26(35)23-20(27)21(24(28)33)30-37-23)22(16-7-11-18(32)12-8-16)25(34)29-14-19-4-3-13-36-19/h5-12,19,22,32H,2-4,13-14,27H2,1H3,(H2,28,33)(H,29,34)/t19-,22-/m1/s1. The number of nitrogens with one attached hydrogen (secondary N) is 1. The van der Waals surface area contributed by atoms with Gasteiger partial charge in [0.05, 0.1) is 11.8 Å². The first kappa shape index (κ1) is 26.1. The van der Waals surface area contributed by atoms with Gasteiger partial charge in [-0.2, -0.15) is 4.37 Å². The van der Waals surface area contributed by atoms with Gasteiger partial charge in [-0.15, -0.1) is 0 Å². The largest absolute Gasteiger partial charge is 0.508 e. The summed E-state index contributed by atoms with van der Waals surface area (Å²) in [5.74, 6) is -1.88. The summed E-state index contributed by atoms with van der Waals surface area (Å²) in [6, 6.07) is 12.2. The van der Waals surface area contributed by atoms with Crippen LogP contribution in [-0.4, -0.2) is 46.5 Å². The van der Waals surface area contributed by atoms with Gasteiger partial charge in [0.15, 0.2) is 5.69 Å². The third kappa shape index (κ3) is 5.73. The molecule has 0 spiro atoms. The molecule has 3 amide bonds. The fourth-order valence-corrected chi connectivity index (χ4v) is 4.95. The van der Waals surface area contributed by atoms with E-state index in [2.05, 4.69) is 9.69 Å². The smallest absolute Gasteiger partial charge is 0.273 e. The Morgan fingerprint density at radius 1 is 1.19 bits per heavy atom. The number of phenols is 1. The zero-order chi connectivity index (χ0) is 26.5. The van der Waals surface area contributed by atoms with Gasteiger partial charge in [-0.25, -0.2) is 0 Å². The van der Waals surface area contributed by atoms with Crippen molar-refractivity contribution in [2.24, 2.45) is 5.73 Å². The molecular weight excluding hydrogens is 494 g/mol. The number of benzene rings is 2. The number of carbonyl (C=O) groups is 3. The number of phenolic OH excluding ortho intramolecular Hbond substituents is 1. The first-order chi connectivity index (χ1) is 17.8. The van der Waals surface area contributed by atoms with Gasteiger partial charge in [-0.1, -0.05) is 31.2 Å². The zero-order valence-corrected chi connectivity index (χ0v) is 21.2. The highest BCUT2D eigenvalue weighted by Gasteiger charge is 2.36. The molecule has 10 nitrogen and oxygen atoms in total. The van der Waals surface area contributed by atoms with E-state index in [0.717, 1.165) is 36.4 Å². The summed E-state index contributed by atoms with van der Waals surface area (Å²) >= 11 is 0.745. The molecule has 0 bridgehead atoms. The predicted molar refractivity (Wildman–Crippen MR) is 141 cm³/mol. The average molecular weight is 524 g/mol. The fraction of sp³-hybridized carbons (Fsp3) is 0.308. The summed E-state index contributed by atoms with van der Waals surface area (Å²) in [5, 5.41) is 12.8. The van der Waals surface area contributed by atoms with Crippen molar-refractivity contribution in [3.8, 4) is 5.75 Å². The minimum atomic E-state index is -1.12. The first-order valence-electron chi connectivity index (χ1n) is 12.0. The van der Waals surface area contributed by atoms with E-state index in [4.69, 9.17) is 16.2 Å². The van der Waals surface area contributed by atoms with Crippen LogP contribution in [0.25, 0.3) is 0 Å². The second-order valence-corrected chi connectivity index (χ2v) is 9.48. The summed E-state index contributed by atoms with van der Waals surface area (Å²) in [7, 11) is 0. The Kier molecular flexibility index (Phi) is 8.04. The molecule has 11 heteroatoms. The maximum Gasteiger partial charge on any atom is 0.273 e. The Morgan fingerprint density at radius 2 is 1.89 bits per heavy atom. The molecule has 1 fully saturated rings. The number of nitrogen functional groups attached to an aromatic ring is 1. The van der Waals surface area contributed by atoms with Crippen molar-refractivity contribution in [2.45, 2.75) is 38.3 Å². The molecule has 2 atom stereocenters. The number of aryl methyl sites for hydroxylation is 1. The molecule has 4 rings (SSSR count). The number of hydrogen-bond donors (Lipinski definition) is 4. The van der Waals surface area contributed by atoms with Crippen LogP contribution < -0.4 is 21.7 Å². The van der Waals surface area contributed by atoms with E-state index in [1.807, 2.05) is 19.1 Å². The molecule has 0 aliphatic carbocycles. The van der Waals surface area contributed by atoms with Crippen molar-refractivity contribution in [3.63, 3.8) is 0 Å². The molecule has 1 aliphatic rings. The number of aromatic hydroxyl groups is 1. The van der Waals surface area contributed by atoms with Crippen molar-refractivity contribution >= 4 is 40.6 Å². The molecule has 0 unspecified atom stereocenters. The Labute approximate surface area is 218 Å². The number of rotatable bonds is 9. The van der Waals surface area contributed by atoms with Gasteiger partial charge in [0.1, 0.15) is 16.7 Å². The number of nitrogens with zero attached hydrogens (tertiary/aromatic N) is 2. The van der Waals surface area contributed by atoms with Gasteiger partial charge in [-0.3, -0.25) is 19.3 Å². The molecular formula is C26H29N5O5S. The van der Waals surface area contributed by atoms with Crippen LogP contribution >= 0.6 is 11.5 Å². The van der Waals surface area contributed by atoms with Gasteiger partial charge >= 0.3 is 0 Å². The number of aromatic nitrogens is 1. The molecule has 2 aromatic carbocycles. The summed E-state index contributed by atoms with van der Waals surface area (Å²) in [6.07, 6.45) is 2.44. The third-order valence-electron chi connectivity index (χ3n) is 6.24. The number of carbonyl (C=O) groups excluding carboxylic acids is 3. The second kappa shape index (κ2) is 11.4. The lowest BCUT2D eigenvalue weighted by molar-refractivity contribution is -0.123. The maximum atomic E-state index is 14.0. The quantitative estimate of drug-likeness (QED) is 0.335. The van der Waals surface area contributed by atoms with Gasteiger partial charge in [-0.05, 0) is 66.2 Å². The highest BCUT2D eigenvalue weighted by atomic mass is 32.1. The topological polar surface area (TPSA) is 161 Å². The van der Waals surface area contributed by atoms with E-state index in [1.165, 1.54) is 17.0 Å². The SMILES string of the molecule is CCc1ccc(N(C(=O)c2snc(C(N)=O)c2N)[C@@H](C(=O)NC[C@H]2CCCO2)c2ccc(O)cc2)cc1. The molecule has 37 heavy (non-hydrogen) atoms. The van der Waals surface area contributed by atoms with Crippen LogP contribution in [0.1, 0.15) is 57.1 Å². The lowest BCUT2D eigenvalue weighted by atomic mass is 10.0. The van der Waals surface area contributed by atoms with Gasteiger partial charge in [0.2, 0.25) is 5.91 Å². The summed E-state index contributed by atoms with van der Waals surface area (Å²) in [6.45, 7) is 2.95. The maximum absolute atomic E-state index is 14.0. The van der Waals surface area contributed by atoms with Crippen LogP contribution in [0.2, 0.25) is 0 Å². The van der Waals surface area contributed by atoms with E-state index in [9.17, 15) is 19.5 Å². The third-order valence-corrected chi connectivity index (χ3v) is 7.09. The van der Waals surface area contributed by atoms with Gasteiger partial charge < -0.3 is 26.6 Å². The van der Waals surface area contributed by atoms with Crippen molar-refractivity contribution < 1.29 is 24.2 Å². The molecule has 6 N–H and O–H groups in total. The van der Waals surface area contributed by atoms with Crippen LogP contribution in [0.4, 0.5) is 11.4 Å². The zero-order valence-electron chi connectivity index (χ0n) is 20.3. The van der Waals surface area contributed by atoms with E-state index < -0.39 is 23.8 Å². The molecule has 0 radical (unpaired) electrons. The van der Waals surface area contributed by atoms with Gasteiger partial charge in [0, 0.05) is 18.8 Å². The predicted octanol–water partition coefficient (Wildman–Crippen LogP) is 2.78. The van der Waals surface area contributed by atoms with Crippen molar-refractivity contribution in [1.82, 2.24) is 9.69 Å². The summed E-state index contributed by atoms with van der Waals surface area (Å²) in [5.41, 5.74) is 13.1. The van der Waals surface area contributed by atoms with E-state index in [1.54, 1.807) is 24.3 Å². The number of primary amides is 1. The van der Waals surface area contributed by atoms with Crippen LogP contribution in [0, 0.1) is 0 Å². The Balaban J connectivity index is 1.80. The average Bonchev–Trinajstić information content (AvgIpc) is 3.56. The molecule has 3 aromatic rings. The normalized spacial score (nSPS) is 15.8. The van der Waals surface area contributed by atoms with E-state index in [0.29, 0.717) is 24.4 Å². The van der Waals surface area contributed by atoms with E-state index in [-0.39, 0.29) is 28.1 Å². The van der Waals surface area contributed by atoms with Crippen LogP contribution in [0.3, 0.4) is 0 Å². The minimum Gasteiger partial charge on any atom is -0.508 e. The fourth-order valence-electron chi connectivity index (χ4n) is 4.21. The lowest BCUT2D eigenvalue weighted by Gasteiger charge is -2.31. The number of nitrogens with two attached hydrogens (primary N) is 2. The first-order valence-corrected chi connectivity index (χ1v) is 12.7. The summed E-state index contributed by atoms with van der Waals surface area (Å²) < 4.78 is 9.60. The molecule has 1 saturated heterocycles. The van der Waals surface area contributed by atoms with Crippen LogP contribution in [0.15, 0.2) is 48.5 Å². The number of ether oxygens (including phenoxy) is 1. The van der Waals surface area contributed by atoms with Gasteiger partial charge in [0.25, 0.3) is 11.8 Å². The molecule has 1 aromatic heterocycles. The lowest BCUT2D eigenvalue weighted by Crippen LogP contribution is -2.45. The highest BCUT2D eigenvalue weighted by molar-refractivity contribution is 7.09. The highest BCUT2D eigenvalue weighted by Crippen LogP contribution is 2.34. The molecule has 194 valence electrons. The number of amides is 3. The minimum absolute atomic E-state index is 0.0101. The molecule has 0 saturated carbocycles. The molecule has 1 aliphatic heterocycles. The number of hydrogen-bond acceptors (Lipinski definition) is 8. The summed E-state index contributed by atoms with van der Waals surface area (Å²) in [4.78, 5) is 40.8. The van der Waals surface area contributed by atoms with Crippen molar-refractivity contribution in [1.29, 1.82) is 0 Å². The molecule has 2 heterocycles. The van der Waals surface area contributed by atoms with Crippen molar-refractivity contribution in [3.05, 3.63) is 70.2 Å². The van der Waals surface area contributed by atoms with Crippen molar-refractivity contribution in [2.75, 3.05) is 23.8 Å². The van der Waals surface area contributed by atoms with E-state index >= 15 is 0 Å².